The molecule has 2 unspecified atom stereocenters. The van der Waals surface area contributed by atoms with E-state index in [-0.39, 0.29) is 17.6 Å². The van der Waals surface area contributed by atoms with Gasteiger partial charge in [0.25, 0.3) is 5.91 Å². The molecule has 0 spiro atoms. The maximum atomic E-state index is 12.7. The molecule has 1 aromatic carbocycles. The number of fused-ring (bicyclic) bond motifs is 1. The van der Waals surface area contributed by atoms with Crippen LogP contribution in [-0.4, -0.2) is 28.2 Å². The summed E-state index contributed by atoms with van der Waals surface area (Å²) in [6, 6.07) is 8.46. The number of aryl methyl sites for hydroxylation is 1. The van der Waals surface area contributed by atoms with Crippen LogP contribution in [0.15, 0.2) is 34.9 Å². The van der Waals surface area contributed by atoms with E-state index in [0.717, 1.165) is 0 Å². The number of para-hydroxylation sites is 1. The third kappa shape index (κ3) is 2.26. The van der Waals surface area contributed by atoms with Crippen LogP contribution in [-0.2, 0) is 4.79 Å². The fraction of sp³-hybridized carbons (Fsp3) is 0.312. The number of hydrogen-bond acceptors (Lipinski definition) is 4. The Morgan fingerprint density at radius 2 is 2.09 bits per heavy atom. The van der Waals surface area contributed by atoms with Gasteiger partial charge < -0.3 is 14.5 Å². The Hall–Kier alpha value is -2.63. The van der Waals surface area contributed by atoms with Gasteiger partial charge >= 0.3 is 5.97 Å². The number of carbonyl (C=O) groups excluding carboxylic acids is 1. The molecule has 0 saturated heterocycles. The third-order valence-corrected chi connectivity index (χ3v) is 3.95. The van der Waals surface area contributed by atoms with E-state index in [0.29, 0.717) is 23.4 Å². The summed E-state index contributed by atoms with van der Waals surface area (Å²) in [5.74, 6) is -1.19. The number of benzene rings is 1. The van der Waals surface area contributed by atoms with Crippen molar-refractivity contribution in [3.8, 4) is 0 Å². The third-order valence-electron chi connectivity index (χ3n) is 3.95. The Bertz CT molecular complexity index is 737. The maximum Gasteiger partial charge on any atom is 0.311 e. The Labute approximate surface area is 127 Å². The molecule has 1 amide bonds. The van der Waals surface area contributed by atoms with Crippen molar-refractivity contribution in [2.45, 2.75) is 32.2 Å². The molecule has 2 aromatic rings. The van der Waals surface area contributed by atoms with Gasteiger partial charge in [0.15, 0.2) is 5.69 Å². The zero-order valence-electron chi connectivity index (χ0n) is 12.3. The number of aliphatic carboxylic acids is 1. The van der Waals surface area contributed by atoms with Crippen LogP contribution in [0.4, 0.5) is 5.69 Å². The predicted molar refractivity (Wildman–Crippen MR) is 78.9 cm³/mol. The molecule has 0 aliphatic carbocycles. The number of aromatic nitrogens is 1. The minimum absolute atomic E-state index is 0.230. The highest BCUT2D eigenvalue weighted by Crippen LogP contribution is 2.39. The summed E-state index contributed by atoms with van der Waals surface area (Å²) in [5.41, 5.74) is 1.51. The minimum atomic E-state index is -0.872. The van der Waals surface area contributed by atoms with Crippen molar-refractivity contribution in [1.29, 1.82) is 0 Å². The number of amides is 1. The van der Waals surface area contributed by atoms with Crippen LogP contribution in [0, 0.1) is 6.92 Å². The van der Waals surface area contributed by atoms with Gasteiger partial charge in [-0.1, -0.05) is 23.4 Å². The Morgan fingerprint density at radius 1 is 1.36 bits per heavy atom. The SMILES string of the molecule is Cc1cc(C(=O)N2c3ccccc3C(C(=O)O)CC2C)no1. The van der Waals surface area contributed by atoms with Crippen LogP contribution in [0.5, 0.6) is 0 Å². The van der Waals surface area contributed by atoms with Crippen LogP contribution in [0.3, 0.4) is 0 Å². The number of nitrogens with zero attached hydrogens (tertiary/aromatic N) is 2. The maximum absolute atomic E-state index is 12.7. The van der Waals surface area contributed by atoms with Crippen LogP contribution in [0.1, 0.15) is 41.1 Å². The molecule has 2 atom stereocenters. The average molecular weight is 300 g/mol. The number of carbonyl (C=O) groups is 2. The van der Waals surface area contributed by atoms with Crippen LogP contribution < -0.4 is 4.90 Å². The summed E-state index contributed by atoms with van der Waals surface area (Å²) in [4.78, 5) is 25.8. The monoisotopic (exact) mass is 300 g/mol. The lowest BCUT2D eigenvalue weighted by Crippen LogP contribution is -2.44. The van der Waals surface area contributed by atoms with Crippen molar-refractivity contribution in [1.82, 2.24) is 5.16 Å². The van der Waals surface area contributed by atoms with E-state index in [2.05, 4.69) is 5.16 Å². The molecule has 1 aliphatic rings. The second kappa shape index (κ2) is 5.29. The van der Waals surface area contributed by atoms with Crippen molar-refractivity contribution in [2.24, 2.45) is 0 Å². The van der Waals surface area contributed by atoms with Gasteiger partial charge in [0.1, 0.15) is 5.76 Å². The lowest BCUT2D eigenvalue weighted by molar-refractivity contribution is -0.139. The molecule has 0 saturated carbocycles. The molecular weight excluding hydrogens is 284 g/mol. The molecule has 2 heterocycles. The smallest absolute Gasteiger partial charge is 0.311 e. The lowest BCUT2D eigenvalue weighted by atomic mass is 9.86. The summed E-state index contributed by atoms with van der Waals surface area (Å²) < 4.78 is 4.97. The fourth-order valence-corrected chi connectivity index (χ4v) is 2.95. The Balaban J connectivity index is 2.06. The van der Waals surface area contributed by atoms with Crippen molar-refractivity contribution >= 4 is 17.6 Å². The molecule has 0 fully saturated rings. The number of carboxylic acids is 1. The summed E-state index contributed by atoms with van der Waals surface area (Å²) in [7, 11) is 0. The number of hydrogen-bond donors (Lipinski definition) is 1. The molecule has 0 radical (unpaired) electrons. The zero-order chi connectivity index (χ0) is 15.9. The molecule has 1 aromatic heterocycles. The normalized spacial score (nSPS) is 20.5. The van der Waals surface area contributed by atoms with Gasteiger partial charge in [-0.25, -0.2) is 0 Å². The van der Waals surface area contributed by atoms with Crippen molar-refractivity contribution in [2.75, 3.05) is 4.90 Å². The number of carboxylic acid groups (broad SMARTS) is 1. The van der Waals surface area contributed by atoms with E-state index in [1.807, 2.05) is 6.92 Å². The van der Waals surface area contributed by atoms with Crippen molar-refractivity contribution in [3.63, 3.8) is 0 Å². The van der Waals surface area contributed by atoms with Gasteiger partial charge in [0, 0.05) is 17.8 Å². The van der Waals surface area contributed by atoms with E-state index in [4.69, 9.17) is 4.52 Å². The summed E-state index contributed by atoms with van der Waals surface area (Å²) >= 11 is 0. The molecule has 1 N–H and O–H groups in total. The first-order valence-electron chi connectivity index (χ1n) is 7.07. The zero-order valence-corrected chi connectivity index (χ0v) is 12.3. The summed E-state index contributed by atoms with van der Waals surface area (Å²) in [5, 5.41) is 13.2. The van der Waals surface area contributed by atoms with Gasteiger partial charge in [-0.05, 0) is 31.9 Å². The predicted octanol–water partition coefficient (Wildman–Crippen LogP) is 2.59. The second-order valence-corrected chi connectivity index (χ2v) is 5.53. The van der Waals surface area contributed by atoms with E-state index in [1.54, 1.807) is 42.2 Å². The van der Waals surface area contributed by atoms with E-state index < -0.39 is 11.9 Å². The Morgan fingerprint density at radius 3 is 2.73 bits per heavy atom. The van der Waals surface area contributed by atoms with E-state index >= 15 is 0 Å². The minimum Gasteiger partial charge on any atom is -0.481 e. The van der Waals surface area contributed by atoms with Gasteiger partial charge in [-0.3, -0.25) is 9.59 Å². The van der Waals surface area contributed by atoms with Crippen LogP contribution in [0.25, 0.3) is 0 Å². The Kier molecular flexibility index (Phi) is 3.44. The first-order valence-corrected chi connectivity index (χ1v) is 7.07. The fourth-order valence-electron chi connectivity index (χ4n) is 2.95. The molecule has 6 nitrogen and oxygen atoms in total. The first kappa shape index (κ1) is 14.3. The summed E-state index contributed by atoms with van der Waals surface area (Å²) in [6.07, 6.45) is 0.370. The molecule has 1 aliphatic heterocycles. The average Bonchev–Trinajstić information content (AvgIpc) is 2.92. The van der Waals surface area contributed by atoms with Crippen LogP contribution in [0.2, 0.25) is 0 Å². The molecule has 22 heavy (non-hydrogen) atoms. The standard InChI is InChI=1S/C16H16N2O4/c1-9-7-12(16(20)21)11-5-3-4-6-14(11)18(9)15(19)13-8-10(2)22-17-13/h3-6,8-9,12H,7H2,1-2H3,(H,20,21). The van der Waals surface area contributed by atoms with Gasteiger partial charge in [0.2, 0.25) is 0 Å². The highest BCUT2D eigenvalue weighted by Gasteiger charge is 2.37. The van der Waals surface area contributed by atoms with E-state index in [9.17, 15) is 14.7 Å². The molecule has 6 heteroatoms. The van der Waals surface area contributed by atoms with Crippen molar-refractivity contribution < 1.29 is 19.2 Å². The largest absolute Gasteiger partial charge is 0.481 e. The highest BCUT2D eigenvalue weighted by atomic mass is 16.5. The number of rotatable bonds is 2. The number of anilines is 1. The molecular formula is C16H16N2O4. The molecule has 3 rings (SSSR count). The first-order chi connectivity index (χ1) is 10.5. The summed E-state index contributed by atoms with van der Waals surface area (Å²) in [6.45, 7) is 3.56. The molecule has 114 valence electrons. The highest BCUT2D eigenvalue weighted by molar-refractivity contribution is 6.06. The van der Waals surface area contributed by atoms with Gasteiger partial charge in [-0.15, -0.1) is 0 Å². The topological polar surface area (TPSA) is 83.6 Å². The quantitative estimate of drug-likeness (QED) is 0.921. The van der Waals surface area contributed by atoms with Crippen molar-refractivity contribution in [3.05, 3.63) is 47.3 Å². The second-order valence-electron chi connectivity index (χ2n) is 5.53. The van der Waals surface area contributed by atoms with Gasteiger partial charge in [0.05, 0.1) is 5.92 Å². The molecule has 0 bridgehead atoms. The van der Waals surface area contributed by atoms with E-state index in [1.165, 1.54) is 0 Å². The van der Waals surface area contributed by atoms with Crippen LogP contribution >= 0.6 is 0 Å². The lowest BCUT2D eigenvalue weighted by Gasteiger charge is -2.37. The van der Waals surface area contributed by atoms with Gasteiger partial charge in [-0.2, -0.15) is 0 Å².